The van der Waals surface area contributed by atoms with Crippen molar-refractivity contribution >= 4 is 5.78 Å². The molecular weight excluding hydrogens is 362 g/mol. The van der Waals surface area contributed by atoms with Gasteiger partial charge < -0.3 is 25.2 Å². The molecule has 7 nitrogen and oxygen atoms in total. The number of Topliss-reactive ketones (excluding diaryl/α,β-unsaturated/α-hetero) is 1. The predicted molar refractivity (Wildman–Crippen MR) is 96.7 cm³/mol. The van der Waals surface area contributed by atoms with Crippen LogP contribution in [0.25, 0.3) is 0 Å². The number of benzene rings is 1. The lowest BCUT2D eigenvalue weighted by Gasteiger charge is -2.69. The molecule has 2 saturated carbocycles. The van der Waals surface area contributed by atoms with E-state index >= 15 is 0 Å². The van der Waals surface area contributed by atoms with Gasteiger partial charge in [-0.25, -0.2) is 0 Å². The second kappa shape index (κ2) is 4.73. The maximum atomic E-state index is 12.9. The molecule has 4 N–H and O–H groups in total. The molecule has 0 unspecified atom stereocenters. The van der Waals surface area contributed by atoms with E-state index in [0.29, 0.717) is 18.0 Å². The number of aliphatic hydroxyl groups is 3. The Labute approximate surface area is 162 Å². The van der Waals surface area contributed by atoms with Crippen molar-refractivity contribution < 1.29 is 34.4 Å². The Morgan fingerprint density at radius 3 is 2.75 bits per heavy atom. The van der Waals surface area contributed by atoms with Crippen LogP contribution in [-0.2, 0) is 16.6 Å². The summed E-state index contributed by atoms with van der Waals surface area (Å²) in [6, 6.07) is 3.23. The molecule has 5 aliphatic rings. The van der Waals surface area contributed by atoms with Crippen molar-refractivity contribution in [2.24, 2.45) is 5.92 Å². The molecule has 1 aromatic rings. The maximum Gasteiger partial charge on any atom is 0.235 e. The minimum Gasteiger partial charge on any atom is -0.504 e. The van der Waals surface area contributed by atoms with Gasteiger partial charge in [0, 0.05) is 17.9 Å². The number of hydrogen-bond donors (Lipinski definition) is 4. The molecule has 1 saturated heterocycles. The topological polar surface area (TPSA) is 107 Å². The first-order chi connectivity index (χ1) is 13.2. The number of carbonyl (C=O) groups is 1. The summed E-state index contributed by atoms with van der Waals surface area (Å²) < 4.78 is 6.09. The van der Waals surface area contributed by atoms with Crippen LogP contribution in [0.2, 0.25) is 0 Å². The van der Waals surface area contributed by atoms with Gasteiger partial charge in [-0.15, -0.1) is 0 Å². The van der Waals surface area contributed by atoms with Crippen LogP contribution in [0.3, 0.4) is 0 Å². The van der Waals surface area contributed by atoms with Crippen molar-refractivity contribution in [1.29, 1.82) is 0 Å². The number of piperidine rings is 1. The summed E-state index contributed by atoms with van der Waals surface area (Å²) in [7, 11) is 1.92. The molecule has 150 valence electrons. The Balaban J connectivity index is 1.68. The van der Waals surface area contributed by atoms with E-state index in [1.807, 2.05) is 7.05 Å². The third-order valence-corrected chi connectivity index (χ3v) is 8.45. The predicted octanol–water partition coefficient (Wildman–Crippen LogP) is -0.0392. The quantitative estimate of drug-likeness (QED) is 0.530. The van der Waals surface area contributed by atoms with Gasteiger partial charge in [0.15, 0.2) is 29.0 Å². The van der Waals surface area contributed by atoms with Crippen molar-refractivity contribution in [3.05, 3.63) is 23.3 Å². The zero-order chi connectivity index (χ0) is 19.7. The number of likely N-dealkylation sites (tertiary alicyclic amines) is 1. The SMILES string of the molecule is C[N@+]1(CC2CC2)C[C@@H](O)[C@]23c4c5ccc(O)c4O[C@H]2C(=O)CC[C@@]3(O)[C@@]1(O)C5. The minimum atomic E-state index is -1.72. The van der Waals surface area contributed by atoms with E-state index < -0.39 is 28.9 Å². The fourth-order valence-corrected chi connectivity index (χ4v) is 7.03. The van der Waals surface area contributed by atoms with Crippen LogP contribution in [0, 0.1) is 5.92 Å². The standard InChI is InChI=1S/C21H25NO6/c1-22(9-11-2-3-11)10-15(25)21-16-12-4-5-13(23)17(16)28-18(21)14(24)6-7-19(21,26)20(22,27)8-12/h4-5,11,15,18,25-27H,2-3,6-10H2,1H3/p+1/t15-,18+,19-,20+,21+,22+/m1/s1. The molecule has 28 heavy (non-hydrogen) atoms. The van der Waals surface area contributed by atoms with Crippen molar-refractivity contribution in [3.63, 3.8) is 0 Å². The smallest absolute Gasteiger partial charge is 0.235 e. The highest BCUT2D eigenvalue weighted by atomic mass is 16.5. The fourth-order valence-electron chi connectivity index (χ4n) is 7.03. The van der Waals surface area contributed by atoms with Crippen LogP contribution >= 0.6 is 0 Å². The highest BCUT2D eigenvalue weighted by molar-refractivity contribution is 5.90. The van der Waals surface area contributed by atoms with Gasteiger partial charge in [0.05, 0.1) is 20.0 Å². The Kier molecular flexibility index (Phi) is 2.90. The number of quaternary nitrogens is 1. The number of rotatable bonds is 2. The molecule has 0 radical (unpaired) electrons. The molecule has 0 aromatic heterocycles. The van der Waals surface area contributed by atoms with E-state index in [1.54, 1.807) is 6.07 Å². The molecule has 2 heterocycles. The van der Waals surface area contributed by atoms with E-state index in [9.17, 15) is 25.2 Å². The summed E-state index contributed by atoms with van der Waals surface area (Å²) in [5.74, 6) is 0.357. The molecule has 0 amide bonds. The van der Waals surface area contributed by atoms with Crippen LogP contribution in [0.5, 0.6) is 11.5 Å². The molecule has 1 aromatic carbocycles. The van der Waals surface area contributed by atoms with Gasteiger partial charge in [-0.2, -0.15) is 0 Å². The van der Waals surface area contributed by atoms with Crippen LogP contribution in [0.4, 0.5) is 0 Å². The number of aromatic hydroxyl groups is 1. The van der Waals surface area contributed by atoms with E-state index in [-0.39, 0.29) is 47.6 Å². The molecule has 2 aliphatic heterocycles. The van der Waals surface area contributed by atoms with Gasteiger partial charge in [0.25, 0.3) is 0 Å². The number of aliphatic hydroxyl groups excluding tert-OH is 1. The van der Waals surface area contributed by atoms with E-state index in [0.717, 1.165) is 18.4 Å². The highest BCUT2D eigenvalue weighted by Gasteiger charge is 2.85. The summed E-state index contributed by atoms with van der Waals surface area (Å²) in [6.07, 6.45) is 0.388. The average molecular weight is 388 g/mol. The lowest BCUT2D eigenvalue weighted by Crippen LogP contribution is -2.90. The summed E-state index contributed by atoms with van der Waals surface area (Å²) in [5, 5.41) is 46.3. The third kappa shape index (κ3) is 1.55. The maximum absolute atomic E-state index is 12.9. The molecule has 6 rings (SSSR count). The third-order valence-electron chi connectivity index (χ3n) is 8.45. The summed E-state index contributed by atoms with van der Waals surface area (Å²) >= 11 is 0. The molecule has 3 aliphatic carbocycles. The van der Waals surface area contributed by atoms with Gasteiger partial charge in [0.2, 0.25) is 5.72 Å². The van der Waals surface area contributed by atoms with Crippen molar-refractivity contribution in [2.75, 3.05) is 20.1 Å². The largest absolute Gasteiger partial charge is 0.504 e. The average Bonchev–Trinajstić information content (AvgIpc) is 3.34. The first-order valence-electron chi connectivity index (χ1n) is 10.2. The first kappa shape index (κ1) is 17.2. The molecule has 7 heteroatoms. The number of carbonyl (C=O) groups excluding carboxylic acids is 1. The lowest BCUT2D eigenvalue weighted by molar-refractivity contribution is -1.00. The Bertz CT molecular complexity index is 930. The summed E-state index contributed by atoms with van der Waals surface area (Å²) in [4.78, 5) is 12.9. The number of phenolic OH excluding ortho intramolecular Hbond substituents is 1. The molecule has 3 fully saturated rings. The second-order valence-corrected chi connectivity index (χ2v) is 9.86. The van der Waals surface area contributed by atoms with Crippen molar-refractivity contribution in [3.8, 4) is 11.5 Å². The van der Waals surface area contributed by atoms with Crippen LogP contribution in [0.1, 0.15) is 36.8 Å². The van der Waals surface area contributed by atoms with Crippen molar-refractivity contribution in [2.45, 2.75) is 61.1 Å². The number of likely N-dealkylation sites (N-methyl/N-ethyl adjacent to an activating group) is 1. The molecule has 2 bridgehead atoms. The van der Waals surface area contributed by atoms with E-state index in [4.69, 9.17) is 4.74 Å². The number of hydrogen-bond acceptors (Lipinski definition) is 6. The number of nitrogens with zero attached hydrogens (tertiary/aromatic N) is 1. The summed E-state index contributed by atoms with van der Waals surface area (Å²) in [5.41, 5.74) is -3.45. The van der Waals surface area contributed by atoms with Crippen LogP contribution in [-0.4, -0.2) is 74.4 Å². The zero-order valence-electron chi connectivity index (χ0n) is 15.9. The fraction of sp³-hybridized carbons (Fsp3) is 0.667. The molecular formula is C21H26NO6+. The van der Waals surface area contributed by atoms with Gasteiger partial charge in [-0.1, -0.05) is 6.07 Å². The monoisotopic (exact) mass is 388 g/mol. The highest BCUT2D eigenvalue weighted by Crippen LogP contribution is 2.68. The number of ether oxygens (including phenoxy) is 1. The Morgan fingerprint density at radius 1 is 1.29 bits per heavy atom. The summed E-state index contributed by atoms with van der Waals surface area (Å²) in [6.45, 7) is 0.919. The molecule has 6 atom stereocenters. The van der Waals surface area contributed by atoms with Crippen molar-refractivity contribution in [1.82, 2.24) is 0 Å². The van der Waals surface area contributed by atoms with E-state index in [1.165, 1.54) is 6.07 Å². The minimum absolute atomic E-state index is 0.0749. The van der Waals surface area contributed by atoms with Crippen LogP contribution in [0.15, 0.2) is 12.1 Å². The van der Waals surface area contributed by atoms with E-state index in [2.05, 4.69) is 0 Å². The lowest BCUT2D eigenvalue weighted by atomic mass is 9.46. The zero-order valence-corrected chi connectivity index (χ0v) is 15.9. The van der Waals surface area contributed by atoms with Gasteiger partial charge in [-0.05, 0) is 30.9 Å². The normalized spacial score (nSPS) is 48.2. The number of phenols is 1. The Hall–Kier alpha value is -1.67. The van der Waals surface area contributed by atoms with Gasteiger partial charge >= 0.3 is 0 Å². The van der Waals surface area contributed by atoms with Crippen LogP contribution < -0.4 is 4.74 Å². The number of ketones is 1. The Morgan fingerprint density at radius 2 is 2.04 bits per heavy atom. The van der Waals surface area contributed by atoms with Gasteiger partial charge in [0.1, 0.15) is 18.1 Å². The second-order valence-electron chi connectivity index (χ2n) is 9.86. The first-order valence-corrected chi connectivity index (χ1v) is 10.2. The van der Waals surface area contributed by atoms with Gasteiger partial charge in [-0.3, -0.25) is 9.28 Å². The molecule has 1 spiro atoms.